The second-order valence-electron chi connectivity index (χ2n) is 4.79. The summed E-state index contributed by atoms with van der Waals surface area (Å²) in [5.41, 5.74) is 6.71. The molecule has 0 bridgehead atoms. The molecule has 1 atom stereocenters. The van der Waals surface area contributed by atoms with Crippen LogP contribution in [0, 0.1) is 5.92 Å². The Balaban J connectivity index is 2.41. The van der Waals surface area contributed by atoms with E-state index in [4.69, 9.17) is 19.7 Å². The van der Waals surface area contributed by atoms with Crippen molar-refractivity contribution in [2.24, 2.45) is 11.7 Å². The lowest BCUT2D eigenvalue weighted by Crippen LogP contribution is -2.16. The van der Waals surface area contributed by atoms with Gasteiger partial charge in [0.05, 0.1) is 25.8 Å². The first-order valence-electron chi connectivity index (χ1n) is 6.38. The molecule has 0 aliphatic carbocycles. The van der Waals surface area contributed by atoms with Crippen molar-refractivity contribution in [3.8, 4) is 22.9 Å². The molecular formula is C14H19N3O3. The molecule has 0 aliphatic heterocycles. The Labute approximate surface area is 117 Å². The fourth-order valence-corrected chi connectivity index (χ4v) is 1.75. The van der Waals surface area contributed by atoms with Crippen LogP contribution in [-0.2, 0) is 0 Å². The monoisotopic (exact) mass is 277 g/mol. The summed E-state index contributed by atoms with van der Waals surface area (Å²) >= 11 is 0. The predicted octanol–water partition coefficient (Wildman–Crippen LogP) is 2.41. The maximum Gasteiger partial charge on any atom is 0.244 e. The molecule has 0 fully saturated rings. The summed E-state index contributed by atoms with van der Waals surface area (Å²) in [5.74, 6) is 2.42. The van der Waals surface area contributed by atoms with Gasteiger partial charge in [-0.1, -0.05) is 19.0 Å². The maximum absolute atomic E-state index is 6.00. The van der Waals surface area contributed by atoms with E-state index >= 15 is 0 Å². The maximum atomic E-state index is 6.00. The summed E-state index contributed by atoms with van der Waals surface area (Å²) in [6, 6.07) is 5.12. The number of nitrogens with zero attached hydrogens (tertiary/aromatic N) is 2. The Bertz CT molecular complexity index is 581. The van der Waals surface area contributed by atoms with Gasteiger partial charge in [-0.05, 0) is 24.1 Å². The van der Waals surface area contributed by atoms with E-state index in [1.165, 1.54) is 0 Å². The van der Waals surface area contributed by atoms with E-state index in [-0.39, 0.29) is 12.0 Å². The third-order valence-electron chi connectivity index (χ3n) is 3.09. The summed E-state index contributed by atoms with van der Waals surface area (Å²) in [7, 11) is 3.19. The average molecular weight is 277 g/mol. The van der Waals surface area contributed by atoms with Gasteiger partial charge in [0.2, 0.25) is 11.7 Å². The topological polar surface area (TPSA) is 83.4 Å². The van der Waals surface area contributed by atoms with Crippen LogP contribution < -0.4 is 15.2 Å². The van der Waals surface area contributed by atoms with Gasteiger partial charge in [0, 0.05) is 0 Å². The Hall–Kier alpha value is -2.08. The fourth-order valence-electron chi connectivity index (χ4n) is 1.75. The van der Waals surface area contributed by atoms with Gasteiger partial charge in [-0.25, -0.2) is 0 Å². The van der Waals surface area contributed by atoms with Crippen LogP contribution in [-0.4, -0.2) is 24.4 Å². The molecule has 2 aromatic rings. The third-order valence-corrected chi connectivity index (χ3v) is 3.09. The van der Waals surface area contributed by atoms with Crippen molar-refractivity contribution in [1.82, 2.24) is 10.1 Å². The van der Waals surface area contributed by atoms with E-state index < -0.39 is 0 Å². The Morgan fingerprint density at radius 1 is 1.20 bits per heavy atom. The highest BCUT2D eigenvalue weighted by Gasteiger charge is 2.20. The van der Waals surface area contributed by atoms with Gasteiger partial charge in [-0.15, -0.1) is 0 Å². The third kappa shape index (κ3) is 2.75. The standard InChI is InChI=1S/C14H19N3O3/c1-8(2)12(15)14-16-13(17-20-14)10-7-9(18-3)5-6-11(10)19-4/h5-8,12H,15H2,1-4H3/t12-/m0/s1. The van der Waals surface area contributed by atoms with Crippen molar-refractivity contribution in [2.45, 2.75) is 19.9 Å². The van der Waals surface area contributed by atoms with E-state index in [0.717, 1.165) is 0 Å². The smallest absolute Gasteiger partial charge is 0.244 e. The van der Waals surface area contributed by atoms with Crippen molar-refractivity contribution in [3.63, 3.8) is 0 Å². The summed E-state index contributed by atoms with van der Waals surface area (Å²) in [4.78, 5) is 4.35. The molecular weight excluding hydrogens is 258 g/mol. The molecule has 2 rings (SSSR count). The van der Waals surface area contributed by atoms with E-state index in [0.29, 0.717) is 28.8 Å². The minimum atomic E-state index is -0.284. The highest BCUT2D eigenvalue weighted by atomic mass is 16.5. The number of hydrogen-bond acceptors (Lipinski definition) is 6. The Morgan fingerprint density at radius 2 is 1.95 bits per heavy atom. The number of methoxy groups -OCH3 is 2. The summed E-state index contributed by atoms with van der Waals surface area (Å²) in [6.07, 6.45) is 0. The molecule has 20 heavy (non-hydrogen) atoms. The lowest BCUT2D eigenvalue weighted by molar-refractivity contribution is 0.325. The van der Waals surface area contributed by atoms with Crippen LogP contribution in [0.25, 0.3) is 11.4 Å². The summed E-state index contributed by atoms with van der Waals surface area (Å²) < 4.78 is 15.7. The first-order chi connectivity index (χ1) is 9.56. The molecule has 0 amide bonds. The molecule has 0 saturated heterocycles. The van der Waals surface area contributed by atoms with E-state index in [1.807, 2.05) is 19.9 Å². The van der Waals surface area contributed by atoms with Gasteiger partial charge in [0.15, 0.2) is 0 Å². The minimum Gasteiger partial charge on any atom is -0.497 e. The Morgan fingerprint density at radius 3 is 2.55 bits per heavy atom. The number of hydrogen-bond donors (Lipinski definition) is 1. The molecule has 6 heteroatoms. The predicted molar refractivity (Wildman–Crippen MR) is 74.6 cm³/mol. The van der Waals surface area contributed by atoms with Gasteiger partial charge in [0.1, 0.15) is 11.5 Å². The van der Waals surface area contributed by atoms with Gasteiger partial charge >= 0.3 is 0 Å². The lowest BCUT2D eigenvalue weighted by atomic mass is 10.1. The number of rotatable bonds is 5. The van der Waals surface area contributed by atoms with Crippen molar-refractivity contribution in [2.75, 3.05) is 14.2 Å². The van der Waals surface area contributed by atoms with Crippen LogP contribution in [0.2, 0.25) is 0 Å². The lowest BCUT2D eigenvalue weighted by Gasteiger charge is -2.09. The van der Waals surface area contributed by atoms with Crippen LogP contribution in [0.4, 0.5) is 0 Å². The molecule has 108 valence electrons. The zero-order valence-electron chi connectivity index (χ0n) is 12.1. The zero-order valence-corrected chi connectivity index (χ0v) is 12.1. The summed E-state index contributed by atoms with van der Waals surface area (Å²) in [5, 5.41) is 3.97. The summed E-state index contributed by atoms with van der Waals surface area (Å²) in [6.45, 7) is 4.00. The quantitative estimate of drug-likeness (QED) is 0.903. The molecule has 6 nitrogen and oxygen atoms in total. The van der Waals surface area contributed by atoms with Crippen LogP contribution in [0.3, 0.4) is 0 Å². The number of aromatic nitrogens is 2. The highest BCUT2D eigenvalue weighted by Crippen LogP contribution is 2.32. The molecule has 1 aromatic heterocycles. The number of benzene rings is 1. The molecule has 1 aromatic carbocycles. The second kappa shape index (κ2) is 5.92. The van der Waals surface area contributed by atoms with E-state index in [9.17, 15) is 0 Å². The molecule has 2 N–H and O–H groups in total. The molecule has 0 radical (unpaired) electrons. The normalized spacial score (nSPS) is 12.5. The van der Waals surface area contributed by atoms with Crippen LogP contribution >= 0.6 is 0 Å². The SMILES string of the molecule is COc1ccc(OC)c(-c2noc([C@@H](N)C(C)C)n2)c1. The average Bonchev–Trinajstić information content (AvgIpc) is 2.95. The number of ether oxygens (including phenoxy) is 2. The van der Waals surface area contributed by atoms with E-state index in [1.54, 1.807) is 26.4 Å². The van der Waals surface area contributed by atoms with E-state index in [2.05, 4.69) is 10.1 Å². The van der Waals surface area contributed by atoms with Crippen LogP contribution in [0.15, 0.2) is 22.7 Å². The van der Waals surface area contributed by atoms with Crippen molar-refractivity contribution < 1.29 is 14.0 Å². The first-order valence-corrected chi connectivity index (χ1v) is 6.38. The molecule has 0 spiro atoms. The molecule has 0 saturated carbocycles. The number of nitrogens with two attached hydrogens (primary N) is 1. The largest absolute Gasteiger partial charge is 0.497 e. The first kappa shape index (κ1) is 14.3. The zero-order chi connectivity index (χ0) is 14.7. The molecule has 1 heterocycles. The molecule has 0 aliphatic rings. The molecule has 0 unspecified atom stereocenters. The van der Waals surface area contributed by atoms with Crippen molar-refractivity contribution >= 4 is 0 Å². The van der Waals surface area contributed by atoms with Gasteiger partial charge in [0.25, 0.3) is 0 Å². The van der Waals surface area contributed by atoms with Crippen LogP contribution in [0.5, 0.6) is 11.5 Å². The minimum absolute atomic E-state index is 0.218. The van der Waals surface area contributed by atoms with Gasteiger partial charge in [-0.2, -0.15) is 4.98 Å². The second-order valence-corrected chi connectivity index (χ2v) is 4.79. The van der Waals surface area contributed by atoms with Gasteiger partial charge < -0.3 is 19.7 Å². The van der Waals surface area contributed by atoms with Crippen molar-refractivity contribution in [3.05, 3.63) is 24.1 Å². The highest BCUT2D eigenvalue weighted by molar-refractivity contribution is 5.66. The fraction of sp³-hybridized carbons (Fsp3) is 0.429. The van der Waals surface area contributed by atoms with Crippen LogP contribution in [0.1, 0.15) is 25.8 Å². The van der Waals surface area contributed by atoms with Crippen molar-refractivity contribution in [1.29, 1.82) is 0 Å². The Kier molecular flexibility index (Phi) is 4.24. The van der Waals surface area contributed by atoms with Gasteiger partial charge in [-0.3, -0.25) is 0 Å².